The van der Waals surface area contributed by atoms with Gasteiger partial charge in [0.25, 0.3) is 0 Å². The highest BCUT2D eigenvalue weighted by atomic mass is 19.1. The smallest absolute Gasteiger partial charge is 0.194 e. The molecule has 2 N–H and O–H groups in total. The van der Waals surface area contributed by atoms with E-state index in [4.69, 9.17) is 4.74 Å². The number of rotatable bonds is 3. The van der Waals surface area contributed by atoms with E-state index in [9.17, 15) is 13.9 Å². The molecule has 130 valence electrons. The number of aromatic nitrogens is 2. The second-order valence-electron chi connectivity index (χ2n) is 6.08. The number of hydrogen-bond donors (Lipinski definition) is 2. The molecule has 0 aliphatic carbocycles. The van der Waals surface area contributed by atoms with Crippen LogP contribution in [0.2, 0.25) is 0 Å². The van der Waals surface area contributed by atoms with Gasteiger partial charge in [-0.1, -0.05) is 0 Å². The van der Waals surface area contributed by atoms with E-state index in [2.05, 4.69) is 10.4 Å². The molecule has 1 aromatic heterocycles. The monoisotopic (exact) mass is 345 g/mol. The van der Waals surface area contributed by atoms with Crippen LogP contribution in [0.1, 0.15) is 12.8 Å². The molecule has 5 nitrogen and oxygen atoms in total. The summed E-state index contributed by atoms with van der Waals surface area (Å²) < 4.78 is 35.0. The lowest BCUT2D eigenvalue weighted by Crippen LogP contribution is -2.34. The minimum atomic E-state index is -1.03. The number of aromatic hydroxyl groups is 1. The Bertz CT molecular complexity index is 903. The van der Waals surface area contributed by atoms with Gasteiger partial charge in [0.1, 0.15) is 17.4 Å². The van der Waals surface area contributed by atoms with Crippen molar-refractivity contribution in [3.63, 3.8) is 0 Å². The molecule has 1 aliphatic heterocycles. The fraction of sp³-hybridized carbons (Fsp3) is 0.278. The Morgan fingerprint density at radius 2 is 1.88 bits per heavy atom. The SMILES string of the molecule is Oc1c(F)cc2cnn(-c3ccc(OC4CCNCC4)cc3)c2c1F. The fourth-order valence-electron chi connectivity index (χ4n) is 3.08. The van der Waals surface area contributed by atoms with Crippen molar-refractivity contribution < 1.29 is 18.6 Å². The fourth-order valence-corrected chi connectivity index (χ4v) is 3.08. The van der Waals surface area contributed by atoms with Crippen LogP contribution in [0.25, 0.3) is 16.6 Å². The Balaban J connectivity index is 1.64. The molecule has 0 radical (unpaired) electrons. The summed E-state index contributed by atoms with van der Waals surface area (Å²) in [5.74, 6) is -2.29. The van der Waals surface area contributed by atoms with E-state index < -0.39 is 17.4 Å². The van der Waals surface area contributed by atoms with Crippen LogP contribution < -0.4 is 10.1 Å². The third kappa shape index (κ3) is 2.91. The number of phenols is 1. The number of ether oxygens (including phenoxy) is 1. The van der Waals surface area contributed by atoms with Gasteiger partial charge in [-0.3, -0.25) is 0 Å². The molecule has 0 unspecified atom stereocenters. The summed E-state index contributed by atoms with van der Waals surface area (Å²) in [5.41, 5.74) is 0.628. The lowest BCUT2D eigenvalue weighted by atomic mass is 10.1. The standard InChI is InChI=1S/C18H17F2N3O2/c19-15-9-11-10-22-23(17(11)16(20)18(15)24)12-1-3-13(4-2-12)25-14-5-7-21-8-6-14/h1-4,9-10,14,21,24H,5-8H2. The first-order chi connectivity index (χ1) is 12.1. The summed E-state index contributed by atoms with van der Waals surface area (Å²) in [6.45, 7) is 1.89. The molecular formula is C18H17F2N3O2. The van der Waals surface area contributed by atoms with Gasteiger partial charge in [-0.15, -0.1) is 0 Å². The molecule has 25 heavy (non-hydrogen) atoms. The molecule has 7 heteroatoms. The summed E-state index contributed by atoms with van der Waals surface area (Å²) in [6.07, 6.45) is 3.47. The second kappa shape index (κ2) is 6.33. The lowest BCUT2D eigenvalue weighted by Gasteiger charge is -2.23. The number of halogens is 2. The minimum Gasteiger partial charge on any atom is -0.503 e. The Labute approximate surface area is 142 Å². The van der Waals surface area contributed by atoms with Crippen LogP contribution in [0.5, 0.6) is 11.5 Å². The van der Waals surface area contributed by atoms with Gasteiger partial charge in [0.15, 0.2) is 17.4 Å². The van der Waals surface area contributed by atoms with Crippen LogP contribution >= 0.6 is 0 Å². The van der Waals surface area contributed by atoms with Crippen LogP contribution in [0.15, 0.2) is 36.5 Å². The van der Waals surface area contributed by atoms with Crippen molar-refractivity contribution >= 4 is 10.9 Å². The molecule has 0 atom stereocenters. The summed E-state index contributed by atoms with van der Waals surface area (Å²) in [5, 5.41) is 17.2. The van der Waals surface area contributed by atoms with E-state index in [1.54, 1.807) is 24.3 Å². The third-order valence-corrected chi connectivity index (χ3v) is 4.39. The number of nitrogens with zero attached hydrogens (tertiary/aromatic N) is 2. The maximum Gasteiger partial charge on any atom is 0.194 e. The van der Waals surface area contributed by atoms with E-state index in [1.807, 2.05) is 0 Å². The average Bonchev–Trinajstić information content (AvgIpc) is 3.05. The Morgan fingerprint density at radius 1 is 1.16 bits per heavy atom. The minimum absolute atomic E-state index is 0.0333. The van der Waals surface area contributed by atoms with Crippen molar-refractivity contribution in [2.24, 2.45) is 0 Å². The summed E-state index contributed by atoms with van der Waals surface area (Å²) >= 11 is 0. The zero-order valence-corrected chi connectivity index (χ0v) is 13.4. The molecule has 1 saturated heterocycles. The third-order valence-electron chi connectivity index (χ3n) is 4.39. The number of phenolic OH excluding ortho intramolecular Hbond substituents is 1. The van der Waals surface area contributed by atoms with E-state index in [1.165, 1.54) is 10.9 Å². The quantitative estimate of drug-likeness (QED) is 0.766. The predicted octanol–water partition coefficient (Wildman–Crippen LogP) is 3.14. The van der Waals surface area contributed by atoms with E-state index in [0.717, 1.165) is 37.7 Å². The predicted molar refractivity (Wildman–Crippen MR) is 89.2 cm³/mol. The first-order valence-corrected chi connectivity index (χ1v) is 8.16. The van der Waals surface area contributed by atoms with Gasteiger partial charge in [-0.25, -0.2) is 13.5 Å². The van der Waals surface area contributed by atoms with Gasteiger partial charge in [-0.05, 0) is 56.3 Å². The van der Waals surface area contributed by atoms with Crippen LogP contribution in [-0.2, 0) is 0 Å². The highest BCUT2D eigenvalue weighted by Gasteiger charge is 2.18. The molecule has 1 fully saturated rings. The summed E-state index contributed by atoms with van der Waals surface area (Å²) in [4.78, 5) is 0. The average molecular weight is 345 g/mol. The van der Waals surface area contributed by atoms with Crippen LogP contribution in [0.3, 0.4) is 0 Å². The van der Waals surface area contributed by atoms with E-state index in [0.29, 0.717) is 5.69 Å². The Kier molecular flexibility index (Phi) is 4.01. The maximum absolute atomic E-state index is 14.2. The highest BCUT2D eigenvalue weighted by Crippen LogP contribution is 2.30. The molecular weight excluding hydrogens is 328 g/mol. The van der Waals surface area contributed by atoms with Crippen molar-refractivity contribution in [3.05, 3.63) is 48.2 Å². The highest BCUT2D eigenvalue weighted by molar-refractivity contribution is 5.82. The first kappa shape index (κ1) is 15.8. The van der Waals surface area contributed by atoms with Crippen molar-refractivity contribution in [2.45, 2.75) is 18.9 Å². The number of nitrogens with one attached hydrogen (secondary N) is 1. The molecule has 0 spiro atoms. The first-order valence-electron chi connectivity index (χ1n) is 8.16. The van der Waals surface area contributed by atoms with E-state index >= 15 is 0 Å². The van der Waals surface area contributed by atoms with Gasteiger partial charge in [-0.2, -0.15) is 5.10 Å². The Morgan fingerprint density at radius 3 is 2.60 bits per heavy atom. The molecule has 0 saturated carbocycles. The zero-order chi connectivity index (χ0) is 17.4. The normalized spacial score (nSPS) is 15.6. The summed E-state index contributed by atoms with van der Waals surface area (Å²) in [6, 6.07) is 8.16. The Hall–Kier alpha value is -2.67. The number of piperidine rings is 1. The van der Waals surface area contributed by atoms with Gasteiger partial charge in [0.05, 0.1) is 11.9 Å². The van der Waals surface area contributed by atoms with Crippen molar-refractivity contribution in [1.29, 1.82) is 0 Å². The van der Waals surface area contributed by atoms with Crippen molar-refractivity contribution in [3.8, 4) is 17.2 Å². The molecule has 0 amide bonds. The van der Waals surface area contributed by atoms with Crippen LogP contribution in [0.4, 0.5) is 8.78 Å². The number of hydrogen-bond acceptors (Lipinski definition) is 4. The zero-order valence-electron chi connectivity index (χ0n) is 13.4. The summed E-state index contributed by atoms with van der Waals surface area (Å²) in [7, 11) is 0. The van der Waals surface area contributed by atoms with Crippen LogP contribution in [-0.4, -0.2) is 34.1 Å². The van der Waals surface area contributed by atoms with Crippen LogP contribution in [0, 0.1) is 11.6 Å². The van der Waals surface area contributed by atoms with Gasteiger partial charge >= 0.3 is 0 Å². The number of benzene rings is 2. The van der Waals surface area contributed by atoms with E-state index in [-0.39, 0.29) is 17.0 Å². The maximum atomic E-state index is 14.2. The molecule has 3 aromatic rings. The van der Waals surface area contributed by atoms with Gasteiger partial charge in [0.2, 0.25) is 0 Å². The molecule has 0 bridgehead atoms. The van der Waals surface area contributed by atoms with Gasteiger partial charge < -0.3 is 15.2 Å². The number of fused-ring (bicyclic) bond motifs is 1. The largest absolute Gasteiger partial charge is 0.503 e. The topological polar surface area (TPSA) is 59.3 Å². The molecule has 2 heterocycles. The van der Waals surface area contributed by atoms with Crippen molar-refractivity contribution in [2.75, 3.05) is 13.1 Å². The molecule has 2 aromatic carbocycles. The van der Waals surface area contributed by atoms with Gasteiger partial charge in [0, 0.05) is 5.39 Å². The molecule has 1 aliphatic rings. The lowest BCUT2D eigenvalue weighted by molar-refractivity contribution is 0.162. The molecule has 4 rings (SSSR count). The second-order valence-corrected chi connectivity index (χ2v) is 6.08. The van der Waals surface area contributed by atoms with Crippen molar-refractivity contribution in [1.82, 2.24) is 15.1 Å².